The van der Waals surface area contributed by atoms with Crippen LogP contribution in [-0.4, -0.2) is 118 Å². The lowest BCUT2D eigenvalue weighted by molar-refractivity contribution is -0.303. The normalized spacial score (nSPS) is 19.4. The molecule has 340 valence electrons. The van der Waals surface area contributed by atoms with Gasteiger partial charge in [-0.05, 0) is 61.1 Å². The van der Waals surface area contributed by atoms with Gasteiger partial charge in [-0.2, -0.15) is 11.8 Å². The van der Waals surface area contributed by atoms with Crippen molar-refractivity contribution in [1.29, 1.82) is 0 Å². The highest BCUT2D eigenvalue weighted by molar-refractivity contribution is 8.00. The molecule has 3 aromatic carbocycles. The molecule has 0 spiro atoms. The molecular formula is C47H56N6O10S. The summed E-state index contributed by atoms with van der Waals surface area (Å²) < 4.78 is 16.4. The van der Waals surface area contributed by atoms with Crippen LogP contribution >= 0.6 is 11.8 Å². The number of carbonyl (C=O) groups is 4. The van der Waals surface area contributed by atoms with Gasteiger partial charge in [0.05, 0.1) is 48.8 Å². The van der Waals surface area contributed by atoms with Crippen molar-refractivity contribution < 1.29 is 48.0 Å². The van der Waals surface area contributed by atoms with Crippen molar-refractivity contribution in [3.05, 3.63) is 101 Å². The maximum atomic E-state index is 13.8. The van der Waals surface area contributed by atoms with Gasteiger partial charge in [0.25, 0.3) is 5.91 Å². The van der Waals surface area contributed by atoms with Crippen LogP contribution in [0, 0.1) is 11.8 Å². The van der Waals surface area contributed by atoms with E-state index in [0.29, 0.717) is 88.1 Å². The summed E-state index contributed by atoms with van der Waals surface area (Å²) in [6.45, 7) is 3.57. The first-order valence-electron chi connectivity index (χ1n) is 22.0. The Morgan fingerprint density at radius 3 is 2.33 bits per heavy atom. The number of ether oxygens (including phenoxy) is 3. The fourth-order valence-electron chi connectivity index (χ4n) is 7.69. The van der Waals surface area contributed by atoms with Crippen molar-refractivity contribution in [2.75, 3.05) is 69.9 Å². The molecule has 4 atom stereocenters. The molecule has 4 aliphatic heterocycles. The Morgan fingerprint density at radius 1 is 0.812 bits per heavy atom. The van der Waals surface area contributed by atoms with E-state index in [1.54, 1.807) is 11.0 Å². The first kappa shape index (κ1) is 46.4. The summed E-state index contributed by atoms with van der Waals surface area (Å²) in [6, 6.07) is 23.0. The number of para-hydroxylation sites is 1. The highest BCUT2D eigenvalue weighted by Crippen LogP contribution is 2.33. The second-order valence-corrected chi connectivity index (χ2v) is 17.0. The van der Waals surface area contributed by atoms with Crippen LogP contribution in [0.15, 0.2) is 78.0 Å². The zero-order chi connectivity index (χ0) is 44.4. The minimum absolute atomic E-state index is 0.0512. The number of fused-ring (bicyclic) bond motifs is 3. The minimum Gasteiger partial charge on any atom is -0.445 e. The van der Waals surface area contributed by atoms with E-state index in [-0.39, 0.29) is 55.9 Å². The van der Waals surface area contributed by atoms with Crippen LogP contribution in [0.25, 0.3) is 0 Å². The van der Waals surface area contributed by atoms with Gasteiger partial charge in [0, 0.05) is 61.3 Å². The average Bonchev–Trinajstić information content (AvgIpc) is 4.04. The minimum atomic E-state index is -0.516. The predicted molar refractivity (Wildman–Crippen MR) is 241 cm³/mol. The summed E-state index contributed by atoms with van der Waals surface area (Å²) in [5, 5.41) is 16.4. The zero-order valence-electron chi connectivity index (χ0n) is 35.9. The number of rotatable bonds is 25. The first-order chi connectivity index (χ1) is 31.4. The number of nitrogens with zero attached hydrogens (tertiary/aromatic N) is 2. The second-order valence-electron chi connectivity index (χ2n) is 15.7. The fourth-order valence-corrected chi connectivity index (χ4v) is 9.24. The Bertz CT molecular complexity index is 2150. The van der Waals surface area contributed by atoms with E-state index < -0.39 is 6.09 Å². The zero-order valence-corrected chi connectivity index (χ0v) is 36.7. The first-order valence-corrected chi connectivity index (χ1v) is 23.1. The summed E-state index contributed by atoms with van der Waals surface area (Å²) in [5.74, 6) is 7.24. The van der Waals surface area contributed by atoms with E-state index in [1.807, 2.05) is 78.5 Å². The molecule has 0 bridgehead atoms. The van der Waals surface area contributed by atoms with Crippen molar-refractivity contribution in [2.45, 2.75) is 75.0 Å². The number of hydrogen-bond acceptors (Lipinski definition) is 12. The van der Waals surface area contributed by atoms with Crippen LogP contribution in [0.2, 0.25) is 0 Å². The van der Waals surface area contributed by atoms with Crippen molar-refractivity contribution >= 4 is 47.1 Å². The molecule has 2 saturated heterocycles. The summed E-state index contributed by atoms with van der Waals surface area (Å²) in [6.07, 6.45) is 4.29. The van der Waals surface area contributed by atoms with Gasteiger partial charge in [-0.25, -0.2) is 19.4 Å². The summed E-state index contributed by atoms with van der Waals surface area (Å²) in [4.78, 5) is 67.4. The molecule has 64 heavy (non-hydrogen) atoms. The molecule has 0 aromatic heterocycles. The number of nitrogens with one attached hydrogen (secondary N) is 4. The third kappa shape index (κ3) is 13.7. The van der Waals surface area contributed by atoms with Crippen LogP contribution < -0.4 is 26.2 Å². The molecular weight excluding hydrogens is 841 g/mol. The summed E-state index contributed by atoms with van der Waals surface area (Å²) in [5.41, 5.74) is 5.25. The Hall–Kier alpha value is -5.64. The number of alkyl carbamates (subject to hydrolysis) is 1. The maximum Gasteiger partial charge on any atom is 0.407 e. The third-order valence-electron chi connectivity index (χ3n) is 11.0. The fraction of sp³-hybridized carbons (Fsp3) is 0.468. The van der Waals surface area contributed by atoms with E-state index >= 15 is 0 Å². The molecule has 4 heterocycles. The molecule has 16 nitrogen and oxygen atoms in total. The number of carbonyl (C=O) groups excluding carboxylic acids is 4. The molecule has 2 fully saturated rings. The van der Waals surface area contributed by atoms with E-state index in [1.165, 1.54) is 0 Å². The van der Waals surface area contributed by atoms with E-state index in [2.05, 4.69) is 38.3 Å². The van der Waals surface area contributed by atoms with Gasteiger partial charge >= 0.3 is 12.1 Å². The molecule has 7 rings (SSSR count). The van der Waals surface area contributed by atoms with Gasteiger partial charge in [0.15, 0.2) is 6.10 Å². The molecule has 3 aromatic rings. The Kier molecular flexibility index (Phi) is 17.7. The van der Waals surface area contributed by atoms with Gasteiger partial charge in [-0.3, -0.25) is 9.59 Å². The summed E-state index contributed by atoms with van der Waals surface area (Å²) in [7, 11) is 0. The average molecular weight is 897 g/mol. The Morgan fingerprint density at radius 2 is 1.53 bits per heavy atom. The van der Waals surface area contributed by atoms with Crippen LogP contribution in [0.1, 0.15) is 77.6 Å². The number of urea groups is 1. The van der Waals surface area contributed by atoms with Gasteiger partial charge < -0.3 is 45.2 Å². The third-order valence-corrected chi connectivity index (χ3v) is 12.5. The topological polar surface area (TPSA) is 187 Å². The van der Waals surface area contributed by atoms with Gasteiger partial charge in [-0.1, -0.05) is 71.9 Å². The van der Waals surface area contributed by atoms with Gasteiger partial charge in [0.2, 0.25) is 5.91 Å². The standard InChI is InChI=1S/C47H56N6O10S/c54-43(14-6-5-13-42-44-40(32-64-42)50-46(56)51-44)48-21-7-23-58-25-27-61-62-28-26-59-24-8-22-49-47(57)60-31-33-15-17-35(18-16-33)39-29-37(63-52-39)30-53-41-12-4-2-10-36(41)20-19-34-9-1-3-11-38(34)45(53)55/h1-4,9-12,15-18,37,40,42,44H,5-8,13-14,21-32H2,(H,48,54)(H,49,57)(H2,50,51,56)/t37?,40-,42?,44-/m0/s1. The number of benzene rings is 3. The van der Waals surface area contributed by atoms with Crippen LogP contribution in [0.4, 0.5) is 15.3 Å². The van der Waals surface area contributed by atoms with Crippen molar-refractivity contribution in [1.82, 2.24) is 21.3 Å². The SMILES string of the molecule is O=C(CCCCC1SC[C@@H]2NC(=O)N[C@H]12)NCCCOCCOOCCOCCCNC(=O)OCc1ccc(C2=NOC(CN3C(=O)c4ccccc4C#Cc4ccccc43)C2)cc1. The lowest BCUT2D eigenvalue weighted by atomic mass is 10.0. The molecule has 5 amide bonds. The molecule has 0 aliphatic carbocycles. The Balaban J connectivity index is 0.652. The van der Waals surface area contributed by atoms with Crippen LogP contribution in [0.5, 0.6) is 0 Å². The van der Waals surface area contributed by atoms with Crippen molar-refractivity contribution in [3.8, 4) is 11.8 Å². The lowest BCUT2D eigenvalue weighted by Crippen LogP contribution is -2.39. The van der Waals surface area contributed by atoms with E-state index in [4.69, 9.17) is 28.8 Å². The molecule has 0 saturated carbocycles. The molecule has 4 N–H and O–H groups in total. The number of unbranched alkanes of at least 4 members (excludes halogenated alkanes) is 1. The van der Waals surface area contributed by atoms with Gasteiger partial charge in [-0.15, -0.1) is 0 Å². The molecule has 17 heteroatoms. The second kappa shape index (κ2) is 24.4. The van der Waals surface area contributed by atoms with Crippen molar-refractivity contribution in [3.63, 3.8) is 0 Å². The maximum absolute atomic E-state index is 13.8. The number of anilines is 1. The highest BCUT2D eigenvalue weighted by Gasteiger charge is 2.42. The number of thioether (sulfide) groups is 1. The van der Waals surface area contributed by atoms with Crippen LogP contribution in [-0.2, 0) is 40.2 Å². The number of amides is 5. The van der Waals surface area contributed by atoms with Crippen molar-refractivity contribution in [2.24, 2.45) is 5.16 Å². The van der Waals surface area contributed by atoms with Crippen LogP contribution in [0.3, 0.4) is 0 Å². The summed E-state index contributed by atoms with van der Waals surface area (Å²) >= 11 is 1.90. The predicted octanol–water partition coefficient (Wildman–Crippen LogP) is 5.07. The Labute approximate surface area is 377 Å². The molecule has 4 aliphatic rings. The number of oxime groups is 1. The largest absolute Gasteiger partial charge is 0.445 e. The number of hydrogen-bond donors (Lipinski definition) is 4. The molecule has 0 radical (unpaired) electrons. The lowest BCUT2D eigenvalue weighted by Gasteiger charge is -2.27. The van der Waals surface area contributed by atoms with E-state index in [9.17, 15) is 19.2 Å². The van der Waals surface area contributed by atoms with Gasteiger partial charge in [0.1, 0.15) is 19.8 Å². The molecule has 2 unspecified atom stereocenters. The monoisotopic (exact) mass is 896 g/mol. The highest BCUT2D eigenvalue weighted by atomic mass is 32.2. The van der Waals surface area contributed by atoms with E-state index in [0.717, 1.165) is 53.1 Å². The quantitative estimate of drug-likeness (QED) is 0.0293. The smallest absolute Gasteiger partial charge is 0.407 e.